The standard InChI is InChI=1S/C15H30N2O/c1-4-12-5-7-13(8-6-12)17-10-14(9-16)18-15(2,3)11-17/h12-14H,4-11,16H2,1-3H3. The Labute approximate surface area is 112 Å². The molecule has 1 unspecified atom stereocenters. The van der Waals surface area contributed by atoms with Gasteiger partial charge in [0.2, 0.25) is 0 Å². The molecule has 0 radical (unpaired) electrons. The van der Waals surface area contributed by atoms with Crippen molar-refractivity contribution in [1.29, 1.82) is 0 Å². The predicted octanol–water partition coefficient (Wildman–Crippen LogP) is 2.39. The fraction of sp³-hybridized carbons (Fsp3) is 1.00. The summed E-state index contributed by atoms with van der Waals surface area (Å²) in [4.78, 5) is 2.65. The van der Waals surface area contributed by atoms with Gasteiger partial charge in [0.05, 0.1) is 11.7 Å². The van der Waals surface area contributed by atoms with Crippen LogP contribution in [-0.2, 0) is 4.74 Å². The quantitative estimate of drug-likeness (QED) is 0.840. The highest BCUT2D eigenvalue weighted by Gasteiger charge is 2.36. The normalized spacial score (nSPS) is 37.7. The highest BCUT2D eigenvalue weighted by Crippen LogP contribution is 2.32. The molecular formula is C15H30N2O. The zero-order valence-corrected chi connectivity index (χ0v) is 12.3. The van der Waals surface area contributed by atoms with Gasteiger partial charge in [0, 0.05) is 25.7 Å². The van der Waals surface area contributed by atoms with Crippen LogP contribution >= 0.6 is 0 Å². The van der Waals surface area contributed by atoms with Gasteiger partial charge in [-0.2, -0.15) is 0 Å². The molecule has 0 spiro atoms. The third-order valence-electron chi connectivity index (χ3n) is 4.68. The zero-order chi connectivity index (χ0) is 13.2. The number of hydrogen-bond donors (Lipinski definition) is 1. The Kier molecular flexibility index (Phi) is 4.68. The van der Waals surface area contributed by atoms with Crippen molar-refractivity contribution in [2.75, 3.05) is 19.6 Å². The molecule has 2 N–H and O–H groups in total. The van der Waals surface area contributed by atoms with Gasteiger partial charge in [-0.1, -0.05) is 13.3 Å². The van der Waals surface area contributed by atoms with Crippen molar-refractivity contribution in [3.05, 3.63) is 0 Å². The van der Waals surface area contributed by atoms with E-state index >= 15 is 0 Å². The molecule has 0 amide bonds. The molecule has 1 aliphatic heterocycles. The summed E-state index contributed by atoms with van der Waals surface area (Å²) in [6.07, 6.45) is 7.13. The largest absolute Gasteiger partial charge is 0.368 e. The monoisotopic (exact) mass is 254 g/mol. The van der Waals surface area contributed by atoms with Gasteiger partial charge in [0.15, 0.2) is 0 Å². The molecule has 0 bridgehead atoms. The van der Waals surface area contributed by atoms with Gasteiger partial charge < -0.3 is 10.5 Å². The first-order valence-electron chi connectivity index (χ1n) is 7.66. The van der Waals surface area contributed by atoms with E-state index in [9.17, 15) is 0 Å². The lowest BCUT2D eigenvalue weighted by molar-refractivity contribution is -0.143. The van der Waals surface area contributed by atoms with Crippen LogP contribution in [0.3, 0.4) is 0 Å². The minimum Gasteiger partial charge on any atom is -0.368 e. The van der Waals surface area contributed by atoms with Crippen LogP contribution in [-0.4, -0.2) is 42.3 Å². The zero-order valence-electron chi connectivity index (χ0n) is 12.3. The van der Waals surface area contributed by atoms with Crippen LogP contribution in [0.25, 0.3) is 0 Å². The summed E-state index contributed by atoms with van der Waals surface area (Å²) in [5.41, 5.74) is 5.77. The van der Waals surface area contributed by atoms with Gasteiger partial charge in [-0.15, -0.1) is 0 Å². The number of morpholine rings is 1. The van der Waals surface area contributed by atoms with E-state index in [1.54, 1.807) is 0 Å². The second-order valence-electron chi connectivity index (χ2n) is 6.75. The first kappa shape index (κ1) is 14.3. The van der Waals surface area contributed by atoms with E-state index < -0.39 is 0 Å². The molecule has 3 heteroatoms. The summed E-state index contributed by atoms with van der Waals surface area (Å²) in [6, 6.07) is 0.769. The van der Waals surface area contributed by atoms with Crippen molar-refractivity contribution >= 4 is 0 Å². The Hall–Kier alpha value is -0.120. The second kappa shape index (κ2) is 5.89. The SMILES string of the molecule is CCC1CCC(N2CC(CN)OC(C)(C)C2)CC1. The smallest absolute Gasteiger partial charge is 0.0831 e. The number of rotatable bonds is 3. The highest BCUT2D eigenvalue weighted by molar-refractivity contribution is 4.89. The lowest BCUT2D eigenvalue weighted by Gasteiger charge is -2.47. The minimum atomic E-state index is -0.0378. The maximum atomic E-state index is 6.02. The molecule has 1 aliphatic carbocycles. The van der Waals surface area contributed by atoms with Crippen LogP contribution < -0.4 is 5.73 Å². The maximum absolute atomic E-state index is 6.02. The number of hydrogen-bond acceptors (Lipinski definition) is 3. The Bertz CT molecular complexity index is 259. The Morgan fingerprint density at radius 2 is 1.89 bits per heavy atom. The van der Waals surface area contributed by atoms with Crippen molar-refractivity contribution in [2.24, 2.45) is 11.7 Å². The van der Waals surface area contributed by atoms with Crippen molar-refractivity contribution in [3.63, 3.8) is 0 Å². The molecular weight excluding hydrogens is 224 g/mol. The van der Waals surface area contributed by atoms with Gasteiger partial charge >= 0.3 is 0 Å². The van der Waals surface area contributed by atoms with Crippen molar-refractivity contribution in [1.82, 2.24) is 4.90 Å². The molecule has 3 nitrogen and oxygen atoms in total. The fourth-order valence-corrected chi connectivity index (χ4v) is 3.66. The Morgan fingerprint density at radius 3 is 2.44 bits per heavy atom. The van der Waals surface area contributed by atoms with E-state index in [1.165, 1.54) is 32.1 Å². The van der Waals surface area contributed by atoms with Crippen molar-refractivity contribution in [2.45, 2.75) is 70.6 Å². The van der Waals surface area contributed by atoms with Crippen molar-refractivity contribution < 1.29 is 4.74 Å². The van der Waals surface area contributed by atoms with Gasteiger partial charge in [0.1, 0.15) is 0 Å². The molecule has 1 saturated carbocycles. The average Bonchev–Trinajstić information content (AvgIpc) is 2.37. The Balaban J connectivity index is 1.92. The summed E-state index contributed by atoms with van der Waals surface area (Å²) < 4.78 is 6.02. The van der Waals surface area contributed by atoms with Gasteiger partial charge in [0.25, 0.3) is 0 Å². The van der Waals surface area contributed by atoms with Crippen LogP contribution in [0.2, 0.25) is 0 Å². The van der Waals surface area contributed by atoms with E-state index in [-0.39, 0.29) is 11.7 Å². The van der Waals surface area contributed by atoms with Crippen LogP contribution in [0.1, 0.15) is 52.9 Å². The molecule has 1 atom stereocenters. The molecule has 2 aliphatic rings. The van der Waals surface area contributed by atoms with Crippen LogP contribution in [0, 0.1) is 5.92 Å². The van der Waals surface area contributed by atoms with Gasteiger partial charge in [-0.25, -0.2) is 0 Å². The molecule has 0 aromatic heterocycles. The van der Waals surface area contributed by atoms with Gasteiger partial charge in [-0.05, 0) is 45.4 Å². The third-order valence-corrected chi connectivity index (χ3v) is 4.68. The molecule has 1 saturated heterocycles. The molecule has 2 fully saturated rings. The third kappa shape index (κ3) is 3.46. The number of ether oxygens (including phenoxy) is 1. The molecule has 1 heterocycles. The Morgan fingerprint density at radius 1 is 1.22 bits per heavy atom. The highest BCUT2D eigenvalue weighted by atomic mass is 16.5. The molecule has 2 rings (SSSR count). The molecule has 0 aromatic rings. The van der Waals surface area contributed by atoms with Crippen LogP contribution in [0.15, 0.2) is 0 Å². The van der Waals surface area contributed by atoms with Crippen molar-refractivity contribution in [3.8, 4) is 0 Å². The molecule has 0 aromatic carbocycles. The number of nitrogens with zero attached hydrogens (tertiary/aromatic N) is 1. The summed E-state index contributed by atoms with van der Waals surface area (Å²) in [5, 5.41) is 0. The average molecular weight is 254 g/mol. The topological polar surface area (TPSA) is 38.5 Å². The lowest BCUT2D eigenvalue weighted by Crippen LogP contribution is -2.57. The second-order valence-corrected chi connectivity index (χ2v) is 6.75. The van der Waals surface area contributed by atoms with E-state index in [4.69, 9.17) is 10.5 Å². The minimum absolute atomic E-state index is 0.0378. The lowest BCUT2D eigenvalue weighted by atomic mass is 9.83. The first-order valence-corrected chi connectivity index (χ1v) is 7.66. The van der Waals surface area contributed by atoms with E-state index in [1.807, 2.05) is 0 Å². The molecule has 18 heavy (non-hydrogen) atoms. The summed E-state index contributed by atoms with van der Waals surface area (Å²) in [6.45, 7) is 9.45. The summed E-state index contributed by atoms with van der Waals surface area (Å²) >= 11 is 0. The fourth-order valence-electron chi connectivity index (χ4n) is 3.66. The van der Waals surface area contributed by atoms with Gasteiger partial charge in [-0.3, -0.25) is 4.90 Å². The van der Waals surface area contributed by atoms with E-state index in [2.05, 4.69) is 25.7 Å². The van der Waals surface area contributed by atoms with Crippen LogP contribution in [0.5, 0.6) is 0 Å². The van der Waals surface area contributed by atoms with E-state index in [0.29, 0.717) is 6.54 Å². The molecule has 106 valence electrons. The first-order chi connectivity index (χ1) is 8.54. The summed E-state index contributed by atoms with van der Waals surface area (Å²) in [7, 11) is 0. The summed E-state index contributed by atoms with van der Waals surface area (Å²) in [5.74, 6) is 0.973. The van der Waals surface area contributed by atoms with E-state index in [0.717, 1.165) is 25.0 Å². The number of nitrogens with two attached hydrogens (primary N) is 1. The predicted molar refractivity (Wildman–Crippen MR) is 75.6 cm³/mol. The maximum Gasteiger partial charge on any atom is 0.0831 e. The van der Waals surface area contributed by atoms with Crippen LogP contribution in [0.4, 0.5) is 0 Å².